The highest BCUT2D eigenvalue weighted by atomic mass is 35.5. The van der Waals surface area contributed by atoms with Crippen LogP contribution in [0.4, 0.5) is 20.6 Å². The molecule has 0 saturated carbocycles. The molecule has 0 spiro atoms. The van der Waals surface area contributed by atoms with E-state index in [2.05, 4.69) is 10.6 Å². The number of carbonyl (C=O) groups excluding carboxylic acids is 1. The van der Waals surface area contributed by atoms with Crippen LogP contribution in [0.3, 0.4) is 0 Å². The highest BCUT2D eigenvalue weighted by Crippen LogP contribution is 2.23. The first kappa shape index (κ1) is 16.1. The molecule has 0 radical (unpaired) electrons. The van der Waals surface area contributed by atoms with Crippen LogP contribution >= 0.6 is 11.6 Å². The third kappa shape index (κ3) is 4.63. The second-order valence-corrected chi connectivity index (χ2v) is 4.93. The van der Waals surface area contributed by atoms with Gasteiger partial charge in [-0.2, -0.15) is 0 Å². The van der Waals surface area contributed by atoms with Crippen molar-refractivity contribution in [3.63, 3.8) is 0 Å². The zero-order valence-electron chi connectivity index (χ0n) is 12.0. The van der Waals surface area contributed by atoms with Crippen LogP contribution in [0, 0.1) is 5.82 Å². The van der Waals surface area contributed by atoms with Crippen LogP contribution < -0.4 is 10.6 Å². The van der Waals surface area contributed by atoms with E-state index in [1.165, 1.54) is 12.1 Å². The maximum atomic E-state index is 12.8. The molecule has 0 fully saturated rings. The molecule has 116 valence electrons. The van der Waals surface area contributed by atoms with Gasteiger partial charge in [-0.15, -0.1) is 0 Å². The van der Waals surface area contributed by atoms with Gasteiger partial charge in [0, 0.05) is 12.2 Å². The zero-order chi connectivity index (χ0) is 15.9. The van der Waals surface area contributed by atoms with Crippen LogP contribution in [-0.4, -0.2) is 12.7 Å². The Morgan fingerprint density at radius 3 is 2.59 bits per heavy atom. The number of carbonyl (C=O) groups is 1. The average molecular weight is 323 g/mol. The van der Waals surface area contributed by atoms with Crippen molar-refractivity contribution in [3.8, 4) is 0 Å². The molecule has 2 aromatic carbocycles. The Morgan fingerprint density at radius 1 is 1.23 bits per heavy atom. The fourth-order valence-electron chi connectivity index (χ4n) is 1.82. The van der Waals surface area contributed by atoms with Crippen molar-refractivity contribution >= 4 is 29.1 Å². The molecule has 2 aromatic rings. The third-order valence-corrected chi connectivity index (χ3v) is 3.20. The van der Waals surface area contributed by atoms with Gasteiger partial charge in [-0.25, -0.2) is 9.18 Å². The minimum absolute atomic E-state index is 0.275. The number of benzene rings is 2. The van der Waals surface area contributed by atoms with Gasteiger partial charge in [0.2, 0.25) is 0 Å². The first-order valence-corrected chi connectivity index (χ1v) is 7.18. The lowest BCUT2D eigenvalue weighted by Crippen LogP contribution is -2.13. The molecule has 0 saturated heterocycles. The van der Waals surface area contributed by atoms with Gasteiger partial charge in [-0.05, 0) is 48.9 Å². The van der Waals surface area contributed by atoms with E-state index in [4.69, 9.17) is 16.3 Å². The van der Waals surface area contributed by atoms with Crippen LogP contribution in [0.25, 0.3) is 0 Å². The van der Waals surface area contributed by atoms with Gasteiger partial charge in [0.1, 0.15) is 5.82 Å². The first-order chi connectivity index (χ1) is 10.6. The second kappa shape index (κ2) is 7.66. The number of amides is 1. The smallest absolute Gasteiger partial charge is 0.411 e. The van der Waals surface area contributed by atoms with Crippen molar-refractivity contribution < 1.29 is 13.9 Å². The van der Waals surface area contributed by atoms with Gasteiger partial charge in [0.05, 0.1) is 17.3 Å². The molecule has 0 unspecified atom stereocenters. The van der Waals surface area contributed by atoms with Crippen LogP contribution in [0.15, 0.2) is 42.5 Å². The van der Waals surface area contributed by atoms with Gasteiger partial charge in [-0.3, -0.25) is 5.32 Å². The lowest BCUT2D eigenvalue weighted by atomic mass is 10.2. The molecule has 2 rings (SSSR count). The summed E-state index contributed by atoms with van der Waals surface area (Å²) in [6, 6.07) is 11.4. The third-order valence-electron chi connectivity index (χ3n) is 2.89. The number of nitrogens with one attached hydrogen (secondary N) is 2. The van der Waals surface area contributed by atoms with E-state index >= 15 is 0 Å². The summed E-state index contributed by atoms with van der Waals surface area (Å²) < 4.78 is 17.6. The Balaban J connectivity index is 1.97. The summed E-state index contributed by atoms with van der Waals surface area (Å²) in [5.74, 6) is -0.275. The van der Waals surface area contributed by atoms with Gasteiger partial charge in [-0.1, -0.05) is 17.7 Å². The number of rotatable bonds is 5. The maximum absolute atomic E-state index is 12.8. The maximum Gasteiger partial charge on any atom is 0.411 e. The Kier molecular flexibility index (Phi) is 5.61. The van der Waals surface area contributed by atoms with E-state index in [9.17, 15) is 9.18 Å². The number of ether oxygens (including phenoxy) is 1. The molecule has 1 amide bonds. The molecule has 0 bridgehead atoms. The second-order valence-electron chi connectivity index (χ2n) is 4.52. The number of halogens is 2. The van der Waals surface area contributed by atoms with E-state index in [-0.39, 0.29) is 5.82 Å². The van der Waals surface area contributed by atoms with Crippen molar-refractivity contribution in [2.24, 2.45) is 0 Å². The quantitative estimate of drug-likeness (QED) is 0.841. The molecule has 6 heteroatoms. The highest BCUT2D eigenvalue weighted by molar-refractivity contribution is 6.33. The van der Waals surface area contributed by atoms with Gasteiger partial charge in [0.15, 0.2) is 0 Å². The highest BCUT2D eigenvalue weighted by Gasteiger charge is 2.07. The molecule has 2 N–H and O–H groups in total. The minimum Gasteiger partial charge on any atom is -0.450 e. The predicted octanol–water partition coefficient (Wildman–Crippen LogP) is 4.66. The lowest BCUT2D eigenvalue weighted by Gasteiger charge is -2.10. The van der Waals surface area contributed by atoms with E-state index in [0.29, 0.717) is 23.9 Å². The zero-order valence-corrected chi connectivity index (χ0v) is 12.8. The lowest BCUT2D eigenvalue weighted by molar-refractivity contribution is 0.168. The molecule has 0 heterocycles. The van der Waals surface area contributed by atoms with Gasteiger partial charge < -0.3 is 10.1 Å². The van der Waals surface area contributed by atoms with E-state index < -0.39 is 6.09 Å². The molecule has 0 aliphatic heterocycles. The first-order valence-electron chi connectivity index (χ1n) is 6.80. The number of anilines is 2. The summed E-state index contributed by atoms with van der Waals surface area (Å²) in [5.41, 5.74) is 2.24. The summed E-state index contributed by atoms with van der Waals surface area (Å²) in [7, 11) is 0. The van der Waals surface area contributed by atoms with E-state index in [1.54, 1.807) is 31.2 Å². The Hall–Kier alpha value is -2.27. The predicted molar refractivity (Wildman–Crippen MR) is 85.8 cm³/mol. The summed E-state index contributed by atoms with van der Waals surface area (Å²) in [6.45, 7) is 2.56. The molecule has 22 heavy (non-hydrogen) atoms. The molecule has 0 aliphatic carbocycles. The summed E-state index contributed by atoms with van der Waals surface area (Å²) in [6.07, 6.45) is -0.540. The Bertz CT molecular complexity index is 647. The fourth-order valence-corrected chi connectivity index (χ4v) is 2.07. The van der Waals surface area contributed by atoms with Gasteiger partial charge >= 0.3 is 6.09 Å². The average Bonchev–Trinajstić information content (AvgIpc) is 2.49. The van der Waals surface area contributed by atoms with Crippen molar-refractivity contribution in [2.75, 3.05) is 17.2 Å². The summed E-state index contributed by atoms with van der Waals surface area (Å²) in [5, 5.41) is 6.14. The standard InChI is InChI=1S/C16H16ClFN2O2/c1-2-22-16(21)20-15-8-3-11(9-14(15)17)10-19-13-6-4-12(18)5-7-13/h3-9,19H,2,10H2,1H3,(H,20,21). The summed E-state index contributed by atoms with van der Waals surface area (Å²) in [4.78, 5) is 11.4. The molecular formula is C16H16ClFN2O2. The van der Waals surface area contributed by atoms with Crippen LogP contribution in [-0.2, 0) is 11.3 Å². The Labute approximate surface area is 133 Å². The summed E-state index contributed by atoms with van der Waals surface area (Å²) >= 11 is 6.13. The number of hydrogen-bond donors (Lipinski definition) is 2. The van der Waals surface area contributed by atoms with Gasteiger partial charge in [0.25, 0.3) is 0 Å². The van der Waals surface area contributed by atoms with Crippen molar-refractivity contribution in [3.05, 3.63) is 58.9 Å². The van der Waals surface area contributed by atoms with Crippen LogP contribution in [0.5, 0.6) is 0 Å². The van der Waals surface area contributed by atoms with Crippen LogP contribution in [0.1, 0.15) is 12.5 Å². The van der Waals surface area contributed by atoms with Crippen molar-refractivity contribution in [1.29, 1.82) is 0 Å². The topological polar surface area (TPSA) is 50.4 Å². The molecule has 0 aromatic heterocycles. The van der Waals surface area contributed by atoms with E-state index in [1.807, 2.05) is 6.07 Å². The molecular weight excluding hydrogens is 307 g/mol. The largest absolute Gasteiger partial charge is 0.450 e. The molecule has 0 aliphatic rings. The van der Waals surface area contributed by atoms with E-state index in [0.717, 1.165) is 11.3 Å². The monoisotopic (exact) mass is 322 g/mol. The van der Waals surface area contributed by atoms with Crippen LogP contribution in [0.2, 0.25) is 5.02 Å². The fraction of sp³-hybridized carbons (Fsp3) is 0.188. The normalized spacial score (nSPS) is 10.1. The van der Waals surface area contributed by atoms with Crippen molar-refractivity contribution in [1.82, 2.24) is 0 Å². The Morgan fingerprint density at radius 2 is 1.95 bits per heavy atom. The van der Waals surface area contributed by atoms with Crippen molar-refractivity contribution in [2.45, 2.75) is 13.5 Å². The SMILES string of the molecule is CCOC(=O)Nc1ccc(CNc2ccc(F)cc2)cc1Cl. The molecule has 4 nitrogen and oxygen atoms in total. The number of hydrogen-bond acceptors (Lipinski definition) is 3. The minimum atomic E-state index is -0.540. The molecule has 0 atom stereocenters.